The zero-order valence-corrected chi connectivity index (χ0v) is 18.2. The predicted molar refractivity (Wildman–Crippen MR) is 116 cm³/mol. The summed E-state index contributed by atoms with van der Waals surface area (Å²) in [6, 6.07) is 11.7. The zero-order chi connectivity index (χ0) is 20.2. The predicted octanol–water partition coefficient (Wildman–Crippen LogP) is 5.47. The summed E-state index contributed by atoms with van der Waals surface area (Å²) in [6.07, 6.45) is 1.68. The molecule has 4 aromatic rings. The van der Waals surface area contributed by atoms with E-state index >= 15 is 0 Å². The minimum Gasteiger partial charge on any atom is -0.497 e. The molecule has 0 saturated heterocycles. The number of ether oxygens (including phenoxy) is 1. The molecule has 0 bridgehead atoms. The monoisotopic (exact) mass is 426 g/mol. The summed E-state index contributed by atoms with van der Waals surface area (Å²) in [4.78, 5) is 4.72. The van der Waals surface area contributed by atoms with Crippen molar-refractivity contribution >= 4 is 23.1 Å². The lowest BCUT2D eigenvalue weighted by molar-refractivity contribution is 0.415. The van der Waals surface area contributed by atoms with Crippen LogP contribution in [0.3, 0.4) is 0 Å². The lowest BCUT2D eigenvalue weighted by Crippen LogP contribution is -2.03. The third kappa shape index (κ3) is 4.54. The van der Waals surface area contributed by atoms with E-state index in [1.807, 2.05) is 36.4 Å². The van der Waals surface area contributed by atoms with Crippen LogP contribution in [0.25, 0.3) is 11.4 Å². The number of hydrogen-bond acceptors (Lipinski definition) is 7. The Hall–Kier alpha value is -2.58. The summed E-state index contributed by atoms with van der Waals surface area (Å²) in [6.45, 7) is 4.89. The molecule has 0 aliphatic heterocycles. The molecule has 3 aromatic heterocycles. The zero-order valence-electron chi connectivity index (χ0n) is 16.5. The second kappa shape index (κ2) is 8.84. The lowest BCUT2D eigenvalue weighted by Gasteiger charge is -2.09. The Bertz CT molecular complexity index is 1050. The van der Waals surface area contributed by atoms with Gasteiger partial charge >= 0.3 is 0 Å². The molecular formula is C21H22N4O2S2. The van der Waals surface area contributed by atoms with Gasteiger partial charge in [-0.15, -0.1) is 21.5 Å². The molecule has 0 unspecified atom stereocenters. The Labute approximate surface area is 178 Å². The number of aromatic nitrogens is 4. The molecule has 0 atom stereocenters. The van der Waals surface area contributed by atoms with E-state index in [-0.39, 0.29) is 0 Å². The fraction of sp³-hybridized carbons (Fsp3) is 0.286. The smallest absolute Gasteiger partial charge is 0.192 e. The fourth-order valence-corrected chi connectivity index (χ4v) is 4.61. The van der Waals surface area contributed by atoms with E-state index in [2.05, 4.69) is 34.0 Å². The van der Waals surface area contributed by atoms with E-state index in [9.17, 15) is 0 Å². The third-order valence-electron chi connectivity index (χ3n) is 4.37. The van der Waals surface area contributed by atoms with Crippen molar-refractivity contribution in [2.24, 2.45) is 0 Å². The van der Waals surface area contributed by atoms with Crippen LogP contribution in [-0.2, 0) is 12.3 Å². The maximum absolute atomic E-state index is 5.57. The highest BCUT2D eigenvalue weighted by Gasteiger charge is 2.17. The van der Waals surface area contributed by atoms with Crippen LogP contribution in [-0.4, -0.2) is 26.9 Å². The Balaban J connectivity index is 1.60. The molecule has 3 heterocycles. The summed E-state index contributed by atoms with van der Waals surface area (Å²) in [7, 11) is 1.66. The van der Waals surface area contributed by atoms with Crippen molar-refractivity contribution in [3.63, 3.8) is 0 Å². The first-order chi connectivity index (χ1) is 14.1. The number of benzene rings is 1. The fourth-order valence-electron chi connectivity index (χ4n) is 2.84. The van der Waals surface area contributed by atoms with Crippen molar-refractivity contribution in [3.8, 4) is 17.1 Å². The minimum absolute atomic E-state index is 0.447. The maximum Gasteiger partial charge on any atom is 0.192 e. The highest BCUT2D eigenvalue weighted by Crippen LogP contribution is 2.29. The number of hydrogen-bond donors (Lipinski definition) is 0. The van der Waals surface area contributed by atoms with Crippen LogP contribution in [0, 0.1) is 0 Å². The first-order valence-corrected chi connectivity index (χ1v) is 11.2. The van der Waals surface area contributed by atoms with Crippen molar-refractivity contribution in [1.82, 2.24) is 19.7 Å². The molecule has 0 aliphatic carbocycles. The van der Waals surface area contributed by atoms with Crippen LogP contribution in [0.2, 0.25) is 0 Å². The van der Waals surface area contributed by atoms with Crippen molar-refractivity contribution in [2.75, 3.05) is 7.11 Å². The van der Waals surface area contributed by atoms with Gasteiger partial charge in [0.15, 0.2) is 11.0 Å². The molecule has 0 radical (unpaired) electrons. The highest BCUT2D eigenvalue weighted by molar-refractivity contribution is 7.98. The summed E-state index contributed by atoms with van der Waals surface area (Å²) in [5, 5.41) is 13.0. The molecule has 8 heteroatoms. The molecule has 4 rings (SSSR count). The third-order valence-corrected chi connectivity index (χ3v) is 6.57. The average Bonchev–Trinajstić information content (AvgIpc) is 3.48. The van der Waals surface area contributed by atoms with E-state index < -0.39 is 0 Å². The van der Waals surface area contributed by atoms with Gasteiger partial charge in [0, 0.05) is 22.6 Å². The van der Waals surface area contributed by atoms with Crippen molar-refractivity contribution in [1.29, 1.82) is 0 Å². The topological polar surface area (TPSA) is 66.0 Å². The number of furan rings is 1. The molecule has 0 amide bonds. The van der Waals surface area contributed by atoms with Gasteiger partial charge in [0.25, 0.3) is 0 Å². The van der Waals surface area contributed by atoms with Gasteiger partial charge in [-0.2, -0.15) is 0 Å². The Kier molecular flexibility index (Phi) is 6.01. The minimum atomic E-state index is 0.447. The number of thiazole rings is 1. The van der Waals surface area contributed by atoms with Gasteiger partial charge in [-0.05, 0) is 36.4 Å². The van der Waals surface area contributed by atoms with Crippen LogP contribution in [0.15, 0.2) is 57.6 Å². The average molecular weight is 427 g/mol. The second-order valence-electron chi connectivity index (χ2n) is 6.82. The summed E-state index contributed by atoms with van der Waals surface area (Å²) < 4.78 is 12.9. The van der Waals surface area contributed by atoms with E-state index in [0.717, 1.165) is 44.5 Å². The van der Waals surface area contributed by atoms with E-state index in [1.165, 1.54) is 0 Å². The van der Waals surface area contributed by atoms with E-state index in [0.29, 0.717) is 12.5 Å². The molecule has 0 aliphatic rings. The van der Waals surface area contributed by atoms with E-state index in [4.69, 9.17) is 14.1 Å². The first-order valence-electron chi connectivity index (χ1n) is 9.31. The Morgan fingerprint density at radius 1 is 1.17 bits per heavy atom. The van der Waals surface area contributed by atoms with Crippen molar-refractivity contribution in [2.45, 2.75) is 37.2 Å². The van der Waals surface area contributed by atoms with Crippen molar-refractivity contribution < 1.29 is 9.15 Å². The summed E-state index contributed by atoms with van der Waals surface area (Å²) in [5.41, 5.74) is 2.05. The molecule has 0 saturated carbocycles. The van der Waals surface area contributed by atoms with Gasteiger partial charge in [-0.1, -0.05) is 25.6 Å². The number of methoxy groups -OCH3 is 1. The van der Waals surface area contributed by atoms with Crippen LogP contribution >= 0.6 is 23.1 Å². The number of nitrogens with zero attached hydrogens (tertiary/aromatic N) is 4. The molecule has 150 valence electrons. The van der Waals surface area contributed by atoms with Gasteiger partial charge in [-0.3, -0.25) is 4.57 Å². The van der Waals surface area contributed by atoms with Gasteiger partial charge in [0.1, 0.15) is 11.5 Å². The van der Waals surface area contributed by atoms with E-state index in [1.54, 1.807) is 36.5 Å². The molecule has 29 heavy (non-hydrogen) atoms. The second-order valence-corrected chi connectivity index (χ2v) is 8.65. The standard InChI is InChI=1S/C21H22N4O2S2/c1-14(2)20-22-16(12-28-20)13-29-21-24-23-19(15-6-8-17(26-3)9-7-15)25(21)11-18-5-4-10-27-18/h4-10,12,14H,11,13H2,1-3H3. The van der Waals surface area contributed by atoms with Gasteiger partial charge in [0.2, 0.25) is 0 Å². The van der Waals surface area contributed by atoms with Gasteiger partial charge in [0.05, 0.1) is 30.6 Å². The maximum atomic E-state index is 5.57. The number of rotatable bonds is 8. The van der Waals surface area contributed by atoms with Gasteiger partial charge < -0.3 is 9.15 Å². The lowest BCUT2D eigenvalue weighted by atomic mass is 10.2. The number of thioether (sulfide) groups is 1. The van der Waals surface area contributed by atoms with Crippen LogP contribution < -0.4 is 4.74 Å². The molecule has 0 N–H and O–H groups in total. The molecule has 6 nitrogen and oxygen atoms in total. The van der Waals surface area contributed by atoms with Crippen LogP contribution in [0.5, 0.6) is 5.75 Å². The van der Waals surface area contributed by atoms with Gasteiger partial charge in [-0.25, -0.2) is 4.98 Å². The normalized spacial score (nSPS) is 11.3. The summed E-state index contributed by atoms with van der Waals surface area (Å²) >= 11 is 3.35. The SMILES string of the molecule is COc1ccc(-c2nnc(SCc3csc(C(C)C)n3)n2Cc2ccco2)cc1. The quantitative estimate of drug-likeness (QED) is 0.348. The highest BCUT2D eigenvalue weighted by atomic mass is 32.2. The molecule has 0 fully saturated rings. The summed E-state index contributed by atoms with van der Waals surface area (Å²) in [5.74, 6) is 3.67. The Morgan fingerprint density at radius 2 is 2.00 bits per heavy atom. The molecule has 0 spiro atoms. The Morgan fingerprint density at radius 3 is 2.66 bits per heavy atom. The first kappa shape index (κ1) is 19.7. The molecule has 1 aromatic carbocycles. The largest absolute Gasteiger partial charge is 0.497 e. The van der Waals surface area contributed by atoms with Crippen molar-refractivity contribution in [3.05, 3.63) is 64.5 Å². The van der Waals surface area contributed by atoms with Crippen LogP contribution in [0.4, 0.5) is 0 Å². The van der Waals surface area contributed by atoms with Crippen LogP contribution in [0.1, 0.15) is 36.2 Å². The molecular weight excluding hydrogens is 404 g/mol.